The van der Waals surface area contributed by atoms with E-state index in [2.05, 4.69) is 0 Å². The molecule has 2 atom stereocenters. The van der Waals surface area contributed by atoms with Crippen molar-refractivity contribution in [3.63, 3.8) is 0 Å². The zero-order valence-corrected chi connectivity index (χ0v) is 6.74. The minimum atomic E-state index is -0.266. The Morgan fingerprint density at radius 1 is 1.64 bits per heavy atom. The molecule has 0 aromatic carbocycles. The molecule has 3 heteroatoms. The van der Waals surface area contributed by atoms with Crippen LogP contribution in [0.2, 0.25) is 0 Å². The van der Waals surface area contributed by atoms with Gasteiger partial charge in [-0.2, -0.15) is 0 Å². The van der Waals surface area contributed by atoms with Crippen molar-refractivity contribution < 1.29 is 14.3 Å². The number of esters is 1. The third kappa shape index (κ3) is 2.72. The Kier molecular flexibility index (Phi) is 2.65. The van der Waals surface area contributed by atoms with Crippen LogP contribution in [-0.2, 0) is 14.3 Å². The van der Waals surface area contributed by atoms with Gasteiger partial charge in [0.25, 0.3) is 0 Å². The molecule has 0 N–H and O–H groups in total. The van der Waals surface area contributed by atoms with Crippen LogP contribution >= 0.6 is 0 Å². The van der Waals surface area contributed by atoms with E-state index < -0.39 is 0 Å². The van der Waals surface area contributed by atoms with E-state index >= 15 is 0 Å². The predicted octanol–water partition coefficient (Wildman–Crippen LogP) is 0.893. The first-order valence-corrected chi connectivity index (χ1v) is 3.65. The summed E-state index contributed by atoms with van der Waals surface area (Å²) in [5.74, 6) is -0.266. The second-order valence-electron chi connectivity index (χ2n) is 2.57. The van der Waals surface area contributed by atoms with E-state index in [-0.39, 0.29) is 18.2 Å². The van der Waals surface area contributed by atoms with E-state index in [1.165, 1.54) is 6.92 Å². The van der Waals surface area contributed by atoms with Crippen molar-refractivity contribution in [2.45, 2.75) is 26.1 Å². The van der Waals surface area contributed by atoms with Gasteiger partial charge in [0, 0.05) is 6.92 Å². The third-order valence-corrected chi connectivity index (χ3v) is 1.44. The zero-order valence-electron chi connectivity index (χ0n) is 6.74. The monoisotopic (exact) mass is 156 g/mol. The first kappa shape index (κ1) is 8.27. The van der Waals surface area contributed by atoms with Crippen LogP contribution in [0.5, 0.6) is 0 Å². The smallest absolute Gasteiger partial charge is 0.303 e. The summed E-state index contributed by atoms with van der Waals surface area (Å²) in [5.41, 5.74) is 0. The summed E-state index contributed by atoms with van der Waals surface area (Å²) in [6, 6.07) is 0. The average molecular weight is 156 g/mol. The normalized spacial score (nSPS) is 30.0. The summed E-state index contributed by atoms with van der Waals surface area (Å²) < 4.78 is 10.1. The molecule has 0 unspecified atom stereocenters. The predicted molar refractivity (Wildman–Crippen MR) is 40.1 cm³/mol. The lowest BCUT2D eigenvalue weighted by molar-refractivity contribution is -0.147. The Balaban J connectivity index is 2.38. The molecular weight excluding hydrogens is 144 g/mol. The van der Waals surface area contributed by atoms with Gasteiger partial charge >= 0.3 is 5.97 Å². The maximum absolute atomic E-state index is 10.5. The highest BCUT2D eigenvalue weighted by Crippen LogP contribution is 2.07. The maximum Gasteiger partial charge on any atom is 0.303 e. The Bertz CT molecular complexity index is 174. The first-order valence-electron chi connectivity index (χ1n) is 3.65. The molecule has 3 nitrogen and oxygen atoms in total. The van der Waals surface area contributed by atoms with Gasteiger partial charge in [0.15, 0.2) is 0 Å². The van der Waals surface area contributed by atoms with E-state index in [9.17, 15) is 4.79 Å². The largest absolute Gasteiger partial charge is 0.456 e. The summed E-state index contributed by atoms with van der Waals surface area (Å²) in [5, 5.41) is 0. The van der Waals surface area contributed by atoms with Crippen molar-refractivity contribution >= 4 is 5.97 Å². The average Bonchev–Trinajstić information content (AvgIpc) is 1.93. The van der Waals surface area contributed by atoms with Crippen LogP contribution < -0.4 is 0 Å². The van der Waals surface area contributed by atoms with Crippen LogP contribution in [0.15, 0.2) is 12.2 Å². The van der Waals surface area contributed by atoms with Crippen molar-refractivity contribution in [2.75, 3.05) is 6.61 Å². The third-order valence-electron chi connectivity index (χ3n) is 1.44. The fourth-order valence-corrected chi connectivity index (χ4v) is 0.925. The van der Waals surface area contributed by atoms with E-state index in [1.807, 2.05) is 19.1 Å². The number of hydrogen-bond donors (Lipinski definition) is 0. The Morgan fingerprint density at radius 2 is 2.36 bits per heavy atom. The number of carbonyl (C=O) groups is 1. The topological polar surface area (TPSA) is 35.5 Å². The lowest BCUT2D eigenvalue weighted by atomic mass is 10.2. The number of carbonyl (C=O) groups excluding carboxylic acids is 1. The Hall–Kier alpha value is -0.830. The summed E-state index contributed by atoms with van der Waals surface area (Å²) in [7, 11) is 0. The summed E-state index contributed by atoms with van der Waals surface area (Å²) >= 11 is 0. The number of hydrogen-bond acceptors (Lipinski definition) is 3. The Morgan fingerprint density at radius 3 is 2.82 bits per heavy atom. The van der Waals surface area contributed by atoms with Gasteiger partial charge in [0.05, 0.1) is 12.7 Å². The lowest BCUT2D eigenvalue weighted by Crippen LogP contribution is -2.26. The molecule has 0 aromatic rings. The van der Waals surface area contributed by atoms with Crippen LogP contribution in [0.25, 0.3) is 0 Å². The van der Waals surface area contributed by atoms with Crippen molar-refractivity contribution in [1.82, 2.24) is 0 Å². The standard InChI is InChI=1S/C8H12O3/c1-6-3-4-8(5-10-6)11-7(2)9/h3-4,6,8H,5H2,1-2H3/t6-,8-/m1/s1. The highest BCUT2D eigenvalue weighted by atomic mass is 16.6. The highest BCUT2D eigenvalue weighted by molar-refractivity contribution is 5.66. The fraction of sp³-hybridized carbons (Fsp3) is 0.625. The minimum Gasteiger partial charge on any atom is -0.456 e. The molecule has 1 aliphatic rings. The van der Waals surface area contributed by atoms with Gasteiger partial charge in [0.2, 0.25) is 0 Å². The van der Waals surface area contributed by atoms with Crippen LogP contribution in [0.4, 0.5) is 0 Å². The molecule has 0 radical (unpaired) electrons. The molecule has 0 saturated heterocycles. The summed E-state index contributed by atoms with van der Waals surface area (Å²) in [6.45, 7) is 3.81. The van der Waals surface area contributed by atoms with Crippen molar-refractivity contribution in [3.8, 4) is 0 Å². The zero-order chi connectivity index (χ0) is 8.27. The van der Waals surface area contributed by atoms with Gasteiger partial charge in [-0.15, -0.1) is 0 Å². The molecule has 0 saturated carbocycles. The molecule has 11 heavy (non-hydrogen) atoms. The number of rotatable bonds is 1. The summed E-state index contributed by atoms with van der Waals surface area (Å²) in [4.78, 5) is 10.5. The maximum atomic E-state index is 10.5. The van der Waals surface area contributed by atoms with Gasteiger partial charge in [-0.1, -0.05) is 6.08 Å². The lowest BCUT2D eigenvalue weighted by Gasteiger charge is -2.20. The van der Waals surface area contributed by atoms with Crippen molar-refractivity contribution in [3.05, 3.63) is 12.2 Å². The van der Waals surface area contributed by atoms with Crippen LogP contribution in [-0.4, -0.2) is 24.8 Å². The van der Waals surface area contributed by atoms with Crippen molar-refractivity contribution in [1.29, 1.82) is 0 Å². The first-order chi connectivity index (χ1) is 5.18. The molecule has 62 valence electrons. The molecule has 0 aromatic heterocycles. The molecule has 0 aliphatic carbocycles. The minimum absolute atomic E-state index is 0.141. The van der Waals surface area contributed by atoms with Crippen molar-refractivity contribution in [2.24, 2.45) is 0 Å². The fourth-order valence-electron chi connectivity index (χ4n) is 0.925. The van der Waals surface area contributed by atoms with Crippen LogP contribution in [0, 0.1) is 0 Å². The van der Waals surface area contributed by atoms with Crippen LogP contribution in [0.3, 0.4) is 0 Å². The molecular formula is C8H12O3. The molecule has 1 heterocycles. The molecule has 0 amide bonds. The molecule has 0 bridgehead atoms. The summed E-state index contributed by atoms with van der Waals surface area (Å²) in [6.07, 6.45) is 3.69. The second-order valence-corrected chi connectivity index (χ2v) is 2.57. The van der Waals surface area contributed by atoms with E-state index in [0.717, 1.165) is 0 Å². The molecule has 0 fully saturated rings. The molecule has 0 spiro atoms. The Labute approximate surface area is 66.0 Å². The van der Waals surface area contributed by atoms with Gasteiger partial charge in [0.1, 0.15) is 6.10 Å². The van der Waals surface area contributed by atoms with E-state index in [4.69, 9.17) is 9.47 Å². The molecule has 1 rings (SSSR count). The van der Waals surface area contributed by atoms with Gasteiger partial charge in [-0.3, -0.25) is 4.79 Å². The second kappa shape index (κ2) is 3.53. The van der Waals surface area contributed by atoms with Crippen LogP contribution in [0.1, 0.15) is 13.8 Å². The quantitative estimate of drug-likeness (QED) is 0.418. The highest BCUT2D eigenvalue weighted by Gasteiger charge is 2.14. The van der Waals surface area contributed by atoms with Gasteiger partial charge in [-0.05, 0) is 13.0 Å². The van der Waals surface area contributed by atoms with Gasteiger partial charge < -0.3 is 9.47 Å². The van der Waals surface area contributed by atoms with E-state index in [0.29, 0.717) is 6.61 Å². The van der Waals surface area contributed by atoms with E-state index in [1.54, 1.807) is 0 Å². The van der Waals surface area contributed by atoms with Gasteiger partial charge in [-0.25, -0.2) is 0 Å². The SMILES string of the molecule is CC(=O)O[C@@H]1C=C[C@@H](C)OC1. The molecule has 1 aliphatic heterocycles. The number of ether oxygens (including phenoxy) is 2.